The van der Waals surface area contributed by atoms with E-state index in [1.54, 1.807) is 36.4 Å². The Hall–Kier alpha value is -4.34. The summed E-state index contributed by atoms with van der Waals surface area (Å²) in [5.41, 5.74) is 2.12. The SMILES string of the molecule is COc1ccc(C(=O)Nc2cc(-c3ccco3)nn2-c2nc3c(c(=O)[nH]2)CCCC3)cc1OC. The Morgan fingerprint density at radius 3 is 2.71 bits per heavy atom. The van der Waals surface area contributed by atoms with Crippen molar-refractivity contribution in [2.24, 2.45) is 0 Å². The highest BCUT2D eigenvalue weighted by atomic mass is 16.5. The number of hydrogen-bond acceptors (Lipinski definition) is 7. The highest BCUT2D eigenvalue weighted by Crippen LogP contribution is 2.29. The van der Waals surface area contributed by atoms with Crippen LogP contribution in [0.1, 0.15) is 34.5 Å². The van der Waals surface area contributed by atoms with Crippen LogP contribution in [0.2, 0.25) is 0 Å². The molecule has 0 bridgehead atoms. The summed E-state index contributed by atoms with van der Waals surface area (Å²) >= 11 is 0. The summed E-state index contributed by atoms with van der Waals surface area (Å²) in [4.78, 5) is 33.3. The number of carbonyl (C=O) groups excluding carboxylic acids is 1. The molecule has 3 aromatic heterocycles. The molecule has 1 aliphatic carbocycles. The molecular weight excluding hydrogens is 438 g/mol. The van der Waals surface area contributed by atoms with Gasteiger partial charge in [0.25, 0.3) is 11.5 Å². The van der Waals surface area contributed by atoms with Gasteiger partial charge in [-0.15, -0.1) is 0 Å². The predicted molar refractivity (Wildman–Crippen MR) is 124 cm³/mol. The number of H-pyrrole nitrogens is 1. The highest BCUT2D eigenvalue weighted by molar-refractivity contribution is 6.04. The average Bonchev–Trinajstić information content (AvgIpc) is 3.54. The van der Waals surface area contributed by atoms with Crippen molar-refractivity contribution >= 4 is 11.7 Å². The zero-order chi connectivity index (χ0) is 23.7. The van der Waals surface area contributed by atoms with Gasteiger partial charge in [-0.05, 0) is 56.0 Å². The van der Waals surface area contributed by atoms with Crippen LogP contribution in [0.25, 0.3) is 17.4 Å². The van der Waals surface area contributed by atoms with E-state index in [1.807, 2.05) is 0 Å². The van der Waals surface area contributed by atoms with Gasteiger partial charge < -0.3 is 19.2 Å². The first-order valence-corrected chi connectivity index (χ1v) is 10.9. The molecule has 10 nitrogen and oxygen atoms in total. The number of benzene rings is 1. The molecule has 0 radical (unpaired) electrons. The van der Waals surface area contributed by atoms with Crippen molar-refractivity contribution in [1.82, 2.24) is 19.7 Å². The van der Waals surface area contributed by atoms with Gasteiger partial charge in [0.15, 0.2) is 17.3 Å². The third kappa shape index (κ3) is 3.94. The number of aromatic amines is 1. The fourth-order valence-corrected chi connectivity index (χ4v) is 4.03. The van der Waals surface area contributed by atoms with E-state index < -0.39 is 5.91 Å². The topological polar surface area (TPSA) is 124 Å². The number of nitrogens with one attached hydrogen (secondary N) is 2. The van der Waals surface area contributed by atoms with Crippen molar-refractivity contribution < 1.29 is 18.7 Å². The van der Waals surface area contributed by atoms with E-state index in [1.165, 1.54) is 25.2 Å². The summed E-state index contributed by atoms with van der Waals surface area (Å²) in [6.45, 7) is 0. The number of nitrogens with zero attached hydrogens (tertiary/aromatic N) is 3. The van der Waals surface area contributed by atoms with Crippen LogP contribution < -0.4 is 20.3 Å². The molecular formula is C24H23N5O5. The summed E-state index contributed by atoms with van der Waals surface area (Å²) < 4.78 is 17.4. The van der Waals surface area contributed by atoms with Gasteiger partial charge in [-0.3, -0.25) is 14.6 Å². The molecule has 0 unspecified atom stereocenters. The molecule has 0 aliphatic heterocycles. The van der Waals surface area contributed by atoms with Crippen molar-refractivity contribution in [3.8, 4) is 28.9 Å². The molecule has 4 aromatic rings. The van der Waals surface area contributed by atoms with Crippen LogP contribution >= 0.6 is 0 Å². The second kappa shape index (κ2) is 8.89. The van der Waals surface area contributed by atoms with Gasteiger partial charge in [0.1, 0.15) is 11.5 Å². The van der Waals surface area contributed by atoms with Gasteiger partial charge in [-0.2, -0.15) is 9.78 Å². The number of anilines is 1. The molecule has 10 heteroatoms. The van der Waals surface area contributed by atoms with Crippen LogP contribution in [0.3, 0.4) is 0 Å². The van der Waals surface area contributed by atoms with E-state index in [-0.39, 0.29) is 11.5 Å². The minimum Gasteiger partial charge on any atom is -0.493 e. The molecule has 1 aliphatic rings. The number of fused-ring (bicyclic) bond motifs is 1. The minimum absolute atomic E-state index is 0.188. The largest absolute Gasteiger partial charge is 0.493 e. The minimum atomic E-state index is -0.395. The molecule has 2 N–H and O–H groups in total. The number of carbonyl (C=O) groups is 1. The number of ether oxygens (including phenoxy) is 2. The van der Waals surface area contributed by atoms with Gasteiger partial charge in [0.05, 0.1) is 26.2 Å². The van der Waals surface area contributed by atoms with Crippen molar-refractivity contribution in [2.45, 2.75) is 25.7 Å². The number of aryl methyl sites for hydroxylation is 1. The van der Waals surface area contributed by atoms with Crippen LogP contribution in [0, 0.1) is 0 Å². The molecule has 0 fully saturated rings. The van der Waals surface area contributed by atoms with E-state index >= 15 is 0 Å². The van der Waals surface area contributed by atoms with Crippen LogP contribution in [0.4, 0.5) is 5.82 Å². The quantitative estimate of drug-likeness (QED) is 0.451. The lowest BCUT2D eigenvalue weighted by Crippen LogP contribution is -2.24. The number of furan rings is 1. The lowest BCUT2D eigenvalue weighted by molar-refractivity contribution is 0.102. The number of amides is 1. The Labute approximate surface area is 194 Å². The fraction of sp³-hybridized carbons (Fsp3) is 0.250. The maximum Gasteiger partial charge on any atom is 0.256 e. The van der Waals surface area contributed by atoms with Crippen LogP contribution in [-0.4, -0.2) is 39.9 Å². The predicted octanol–water partition coefficient (Wildman–Crippen LogP) is 3.36. The summed E-state index contributed by atoms with van der Waals surface area (Å²) in [5.74, 6) is 1.62. The van der Waals surface area contributed by atoms with Gasteiger partial charge in [0, 0.05) is 17.2 Å². The first-order chi connectivity index (χ1) is 16.6. The highest BCUT2D eigenvalue weighted by Gasteiger charge is 2.21. The van der Waals surface area contributed by atoms with Gasteiger partial charge in [-0.25, -0.2) is 4.98 Å². The molecule has 174 valence electrons. The summed E-state index contributed by atoms with van der Waals surface area (Å²) in [6.07, 6.45) is 4.91. The van der Waals surface area contributed by atoms with Crippen LogP contribution in [-0.2, 0) is 12.8 Å². The van der Waals surface area contributed by atoms with Crippen LogP contribution in [0.15, 0.2) is 51.9 Å². The number of methoxy groups -OCH3 is 2. The van der Waals surface area contributed by atoms with Crippen molar-refractivity contribution in [3.05, 3.63) is 69.8 Å². The van der Waals surface area contributed by atoms with Gasteiger partial charge in [0.2, 0.25) is 5.95 Å². The third-order valence-corrected chi connectivity index (χ3v) is 5.75. The molecule has 1 amide bonds. The van der Waals surface area contributed by atoms with E-state index in [0.29, 0.717) is 46.3 Å². The molecule has 0 saturated carbocycles. The maximum absolute atomic E-state index is 13.1. The van der Waals surface area contributed by atoms with Crippen molar-refractivity contribution in [3.63, 3.8) is 0 Å². The molecule has 3 heterocycles. The van der Waals surface area contributed by atoms with Crippen molar-refractivity contribution in [2.75, 3.05) is 19.5 Å². The normalized spacial score (nSPS) is 12.8. The molecule has 0 saturated heterocycles. The zero-order valence-corrected chi connectivity index (χ0v) is 18.8. The Morgan fingerprint density at radius 1 is 1.12 bits per heavy atom. The molecule has 0 spiro atoms. The smallest absolute Gasteiger partial charge is 0.256 e. The second-order valence-electron chi connectivity index (χ2n) is 7.85. The monoisotopic (exact) mass is 461 g/mol. The standard InChI is InChI=1S/C24H23N5O5/c1-32-19-10-9-14(12-20(19)33-2)22(30)26-21-13-17(18-8-5-11-34-18)28-29(21)24-25-16-7-4-3-6-15(16)23(31)27-24/h5,8-13H,3-4,6-7H2,1-2H3,(H,26,30)(H,25,27,31). The van der Waals surface area contributed by atoms with Crippen molar-refractivity contribution in [1.29, 1.82) is 0 Å². The molecule has 34 heavy (non-hydrogen) atoms. The molecule has 5 rings (SSSR count). The van der Waals surface area contributed by atoms with E-state index in [0.717, 1.165) is 25.0 Å². The Bertz CT molecular complexity index is 1400. The van der Waals surface area contributed by atoms with E-state index in [9.17, 15) is 9.59 Å². The summed E-state index contributed by atoms with van der Waals surface area (Å²) in [7, 11) is 3.03. The van der Waals surface area contributed by atoms with Gasteiger partial charge in [-0.1, -0.05) is 0 Å². The Balaban J connectivity index is 1.55. The summed E-state index contributed by atoms with van der Waals surface area (Å²) in [5, 5.41) is 7.41. The number of hydrogen-bond donors (Lipinski definition) is 2. The van der Waals surface area contributed by atoms with Gasteiger partial charge >= 0.3 is 0 Å². The second-order valence-corrected chi connectivity index (χ2v) is 7.85. The first-order valence-electron chi connectivity index (χ1n) is 10.9. The first kappa shape index (κ1) is 21.5. The maximum atomic E-state index is 13.1. The summed E-state index contributed by atoms with van der Waals surface area (Å²) in [6, 6.07) is 10.0. The van der Waals surface area contributed by atoms with E-state index in [2.05, 4.69) is 20.4 Å². The zero-order valence-electron chi connectivity index (χ0n) is 18.8. The fourth-order valence-electron chi connectivity index (χ4n) is 4.03. The lowest BCUT2D eigenvalue weighted by atomic mass is 9.97. The Kier molecular flexibility index (Phi) is 5.62. The number of rotatable bonds is 6. The molecule has 1 aromatic carbocycles. The average molecular weight is 461 g/mol. The molecule has 0 atom stereocenters. The number of aromatic nitrogens is 4. The van der Waals surface area contributed by atoms with E-state index in [4.69, 9.17) is 13.9 Å². The third-order valence-electron chi connectivity index (χ3n) is 5.75. The Morgan fingerprint density at radius 2 is 1.94 bits per heavy atom. The lowest BCUT2D eigenvalue weighted by Gasteiger charge is -2.15. The van der Waals surface area contributed by atoms with Crippen LogP contribution in [0.5, 0.6) is 11.5 Å².